The van der Waals surface area contributed by atoms with Gasteiger partial charge in [0.2, 0.25) is 0 Å². The fourth-order valence-corrected chi connectivity index (χ4v) is 2.71. The number of benzene rings is 1. The van der Waals surface area contributed by atoms with Crippen LogP contribution in [0.2, 0.25) is 0 Å². The van der Waals surface area contributed by atoms with Crippen LogP contribution in [-0.4, -0.2) is 51.5 Å². The van der Waals surface area contributed by atoms with Gasteiger partial charge in [-0.15, -0.1) is 0 Å². The van der Waals surface area contributed by atoms with Crippen LogP contribution in [0.4, 0.5) is 4.39 Å². The minimum atomic E-state index is -0.225. The Morgan fingerprint density at radius 2 is 1.96 bits per heavy atom. The van der Waals surface area contributed by atoms with E-state index in [1.54, 1.807) is 7.11 Å². The first-order chi connectivity index (χ1) is 11.7. The van der Waals surface area contributed by atoms with Crippen molar-refractivity contribution < 1.29 is 13.9 Å². The molecule has 0 aromatic heterocycles. The monoisotopic (exact) mass is 337 g/mol. The fraction of sp³-hybridized carbons (Fsp3) is 0.611. The molecule has 1 aliphatic rings. The molecule has 2 N–H and O–H groups in total. The van der Waals surface area contributed by atoms with Crippen molar-refractivity contribution in [3.63, 3.8) is 0 Å². The number of guanidine groups is 1. The summed E-state index contributed by atoms with van der Waals surface area (Å²) in [5.41, 5.74) is 0.870. The number of halogens is 1. The van der Waals surface area contributed by atoms with Gasteiger partial charge in [0.1, 0.15) is 5.82 Å². The molecule has 1 aromatic rings. The van der Waals surface area contributed by atoms with Crippen molar-refractivity contribution in [1.82, 2.24) is 10.6 Å². The Labute approximate surface area is 143 Å². The number of methoxy groups -OCH3 is 1. The van der Waals surface area contributed by atoms with E-state index in [1.807, 2.05) is 19.1 Å². The molecule has 5 nitrogen and oxygen atoms in total. The number of hydrogen-bond acceptors (Lipinski definition) is 3. The minimum Gasteiger partial charge on any atom is -0.381 e. The van der Waals surface area contributed by atoms with Crippen LogP contribution in [0.5, 0.6) is 0 Å². The van der Waals surface area contributed by atoms with Crippen LogP contribution in [0.1, 0.15) is 25.3 Å². The maximum absolute atomic E-state index is 12.9. The molecular weight excluding hydrogens is 309 g/mol. The van der Waals surface area contributed by atoms with E-state index in [2.05, 4.69) is 15.6 Å². The molecule has 0 atom stereocenters. The molecule has 134 valence electrons. The fourth-order valence-electron chi connectivity index (χ4n) is 2.71. The quantitative estimate of drug-likeness (QED) is 0.591. The molecule has 0 aliphatic carbocycles. The predicted molar refractivity (Wildman–Crippen MR) is 93.9 cm³/mol. The zero-order valence-corrected chi connectivity index (χ0v) is 14.6. The van der Waals surface area contributed by atoms with Crippen molar-refractivity contribution in [2.24, 2.45) is 4.99 Å². The number of hydrogen-bond donors (Lipinski definition) is 2. The molecule has 24 heavy (non-hydrogen) atoms. The van der Waals surface area contributed by atoms with Gasteiger partial charge in [0.25, 0.3) is 0 Å². The highest BCUT2D eigenvalue weighted by atomic mass is 19.1. The lowest BCUT2D eigenvalue weighted by molar-refractivity contribution is -0.0828. The van der Waals surface area contributed by atoms with Crippen LogP contribution in [0.3, 0.4) is 0 Å². The third-order valence-electron chi connectivity index (χ3n) is 4.33. The highest BCUT2D eigenvalue weighted by molar-refractivity contribution is 5.79. The molecule has 1 aromatic carbocycles. The lowest BCUT2D eigenvalue weighted by atomic mass is 9.94. The smallest absolute Gasteiger partial charge is 0.191 e. The second-order valence-electron chi connectivity index (χ2n) is 6.00. The predicted octanol–water partition coefficient (Wildman–Crippen LogP) is 2.12. The Morgan fingerprint density at radius 1 is 1.25 bits per heavy atom. The van der Waals surface area contributed by atoms with Crippen LogP contribution >= 0.6 is 0 Å². The summed E-state index contributed by atoms with van der Waals surface area (Å²) in [5.74, 6) is 0.575. The molecule has 2 rings (SSSR count). The van der Waals surface area contributed by atoms with Gasteiger partial charge in [0.05, 0.1) is 12.1 Å². The van der Waals surface area contributed by atoms with E-state index in [0.717, 1.165) is 57.1 Å². The van der Waals surface area contributed by atoms with E-state index in [0.29, 0.717) is 6.54 Å². The first-order valence-electron chi connectivity index (χ1n) is 8.57. The van der Waals surface area contributed by atoms with Crippen molar-refractivity contribution in [2.45, 2.75) is 31.8 Å². The normalized spacial score (nSPS) is 17.5. The molecule has 1 saturated heterocycles. The topological polar surface area (TPSA) is 54.9 Å². The largest absolute Gasteiger partial charge is 0.381 e. The average molecular weight is 337 g/mol. The van der Waals surface area contributed by atoms with Gasteiger partial charge in [-0.25, -0.2) is 4.39 Å². The zero-order chi connectivity index (χ0) is 17.3. The molecule has 6 heteroatoms. The van der Waals surface area contributed by atoms with Crippen molar-refractivity contribution in [3.05, 3.63) is 35.6 Å². The van der Waals surface area contributed by atoms with E-state index in [-0.39, 0.29) is 11.4 Å². The minimum absolute atomic E-state index is 0.206. The Hall–Kier alpha value is -1.66. The highest BCUT2D eigenvalue weighted by Crippen LogP contribution is 2.24. The van der Waals surface area contributed by atoms with Gasteiger partial charge in [-0.05, 0) is 31.0 Å². The Morgan fingerprint density at radius 3 is 2.58 bits per heavy atom. The highest BCUT2D eigenvalue weighted by Gasteiger charge is 2.32. The summed E-state index contributed by atoms with van der Waals surface area (Å²) < 4.78 is 24.0. The SMILES string of the molecule is CCNC(=NCC1(OC)CCOCC1)NCCc1ccc(F)cc1. The number of ether oxygens (including phenoxy) is 2. The van der Waals surface area contributed by atoms with Crippen LogP contribution in [-0.2, 0) is 15.9 Å². The van der Waals surface area contributed by atoms with E-state index in [1.165, 1.54) is 12.1 Å². The summed E-state index contributed by atoms with van der Waals surface area (Å²) in [6.07, 6.45) is 2.54. The van der Waals surface area contributed by atoms with Crippen LogP contribution in [0.25, 0.3) is 0 Å². The standard InChI is InChI=1S/C18H28FN3O2/c1-3-20-17(21-11-8-15-4-6-16(19)7-5-15)22-14-18(23-2)9-12-24-13-10-18/h4-7H,3,8-14H2,1-2H3,(H2,20,21,22). The van der Waals surface area contributed by atoms with Crippen LogP contribution in [0, 0.1) is 5.82 Å². The Bertz CT molecular complexity index is 514. The third-order valence-corrected chi connectivity index (χ3v) is 4.33. The third kappa shape index (κ3) is 5.76. The summed E-state index contributed by atoms with van der Waals surface area (Å²) in [7, 11) is 1.75. The van der Waals surface area contributed by atoms with Crippen molar-refractivity contribution in [1.29, 1.82) is 0 Å². The van der Waals surface area contributed by atoms with Gasteiger partial charge in [-0.1, -0.05) is 12.1 Å². The molecule has 0 amide bonds. The lowest BCUT2D eigenvalue weighted by Gasteiger charge is -2.34. The van der Waals surface area contributed by atoms with Gasteiger partial charge >= 0.3 is 0 Å². The molecule has 1 heterocycles. The van der Waals surface area contributed by atoms with E-state index in [9.17, 15) is 4.39 Å². The van der Waals surface area contributed by atoms with E-state index < -0.39 is 0 Å². The molecule has 0 bridgehead atoms. The summed E-state index contributed by atoms with van der Waals surface area (Å²) >= 11 is 0. The molecule has 1 fully saturated rings. The second-order valence-corrected chi connectivity index (χ2v) is 6.00. The number of aliphatic imine (C=N–C) groups is 1. The molecule has 0 radical (unpaired) electrons. The molecule has 0 spiro atoms. The first kappa shape index (κ1) is 18.7. The molecule has 0 unspecified atom stereocenters. The van der Waals surface area contributed by atoms with E-state index >= 15 is 0 Å². The van der Waals surface area contributed by atoms with Gasteiger partial charge in [-0.2, -0.15) is 0 Å². The van der Waals surface area contributed by atoms with Gasteiger partial charge in [0, 0.05) is 46.3 Å². The first-order valence-corrected chi connectivity index (χ1v) is 8.57. The molecular formula is C18H28FN3O2. The Balaban J connectivity index is 1.86. The van der Waals surface area contributed by atoms with Gasteiger partial charge in [0.15, 0.2) is 5.96 Å². The van der Waals surface area contributed by atoms with Crippen LogP contribution < -0.4 is 10.6 Å². The lowest BCUT2D eigenvalue weighted by Crippen LogP contribution is -2.44. The molecule has 1 aliphatic heterocycles. The maximum atomic E-state index is 12.9. The van der Waals surface area contributed by atoms with Crippen molar-refractivity contribution in [2.75, 3.05) is 40.0 Å². The van der Waals surface area contributed by atoms with Crippen LogP contribution in [0.15, 0.2) is 29.3 Å². The number of nitrogens with one attached hydrogen (secondary N) is 2. The second kappa shape index (κ2) is 9.59. The summed E-state index contributed by atoms with van der Waals surface area (Å²) in [4.78, 5) is 4.68. The van der Waals surface area contributed by atoms with Crippen molar-refractivity contribution >= 4 is 5.96 Å². The summed E-state index contributed by atoms with van der Waals surface area (Å²) in [6, 6.07) is 6.59. The number of nitrogens with zero attached hydrogens (tertiary/aromatic N) is 1. The van der Waals surface area contributed by atoms with Gasteiger partial charge in [-0.3, -0.25) is 4.99 Å². The summed E-state index contributed by atoms with van der Waals surface area (Å²) in [6.45, 7) is 5.62. The summed E-state index contributed by atoms with van der Waals surface area (Å²) in [5, 5.41) is 6.57. The van der Waals surface area contributed by atoms with Crippen molar-refractivity contribution in [3.8, 4) is 0 Å². The maximum Gasteiger partial charge on any atom is 0.191 e. The van der Waals surface area contributed by atoms with E-state index in [4.69, 9.17) is 9.47 Å². The zero-order valence-electron chi connectivity index (χ0n) is 14.6. The molecule has 0 saturated carbocycles. The number of rotatable bonds is 7. The van der Waals surface area contributed by atoms with Gasteiger partial charge < -0.3 is 20.1 Å². The average Bonchev–Trinajstić information content (AvgIpc) is 2.62. The Kier molecular flexibility index (Phi) is 7.46.